The first-order valence-corrected chi connectivity index (χ1v) is 7.91. The summed E-state index contributed by atoms with van der Waals surface area (Å²) in [5.41, 5.74) is -0.343. The molecule has 0 aliphatic carbocycles. The molecular formula is C17H15ClN2O5. The zero-order valence-corrected chi connectivity index (χ0v) is 14.1. The maximum Gasteiger partial charge on any atom is 0.283 e. The highest BCUT2D eigenvalue weighted by molar-refractivity contribution is 6.31. The van der Waals surface area contributed by atoms with E-state index in [1.807, 2.05) is 12.1 Å². The van der Waals surface area contributed by atoms with Crippen LogP contribution in [0.4, 0.5) is 5.69 Å². The summed E-state index contributed by atoms with van der Waals surface area (Å²) >= 11 is 5.78. The molecule has 2 aromatic carbocycles. The zero-order valence-electron chi connectivity index (χ0n) is 13.3. The highest BCUT2D eigenvalue weighted by atomic mass is 35.5. The highest BCUT2D eigenvalue weighted by Crippen LogP contribution is 2.31. The van der Waals surface area contributed by atoms with E-state index >= 15 is 0 Å². The Labute approximate surface area is 148 Å². The van der Waals surface area contributed by atoms with Crippen LogP contribution >= 0.6 is 11.6 Å². The third-order valence-electron chi connectivity index (χ3n) is 3.78. The van der Waals surface area contributed by atoms with E-state index in [9.17, 15) is 14.9 Å². The second kappa shape index (κ2) is 6.98. The maximum atomic E-state index is 12.6. The van der Waals surface area contributed by atoms with Gasteiger partial charge in [0, 0.05) is 18.1 Å². The van der Waals surface area contributed by atoms with Crippen molar-refractivity contribution in [2.75, 3.05) is 20.2 Å². The average Bonchev–Trinajstić information content (AvgIpc) is 2.60. The van der Waals surface area contributed by atoms with Crippen LogP contribution in [0.25, 0.3) is 0 Å². The van der Waals surface area contributed by atoms with E-state index in [-0.39, 0.29) is 35.5 Å². The molecule has 1 heterocycles. The number of halogens is 1. The molecule has 0 spiro atoms. The van der Waals surface area contributed by atoms with Gasteiger partial charge in [0.25, 0.3) is 11.6 Å². The number of likely N-dealkylation sites (N-methyl/N-ethyl adjacent to an activating group) is 1. The number of nitro groups is 1. The van der Waals surface area contributed by atoms with E-state index in [4.69, 9.17) is 21.1 Å². The van der Waals surface area contributed by atoms with Crippen LogP contribution in [-0.2, 0) is 0 Å². The van der Waals surface area contributed by atoms with Crippen LogP contribution in [0.1, 0.15) is 10.4 Å². The fourth-order valence-corrected chi connectivity index (χ4v) is 2.75. The largest absolute Gasteiger partial charge is 0.486 e. The number of ether oxygens (including phenoxy) is 2. The van der Waals surface area contributed by atoms with Gasteiger partial charge in [-0.05, 0) is 24.3 Å². The molecule has 0 aromatic heterocycles. The number of benzene rings is 2. The van der Waals surface area contributed by atoms with E-state index in [0.29, 0.717) is 11.5 Å². The van der Waals surface area contributed by atoms with Crippen LogP contribution < -0.4 is 9.47 Å². The number of amides is 1. The average molecular weight is 363 g/mol. The normalized spacial score (nSPS) is 15.5. The molecule has 1 atom stereocenters. The van der Waals surface area contributed by atoms with E-state index in [1.54, 1.807) is 19.2 Å². The highest BCUT2D eigenvalue weighted by Gasteiger charge is 2.27. The van der Waals surface area contributed by atoms with E-state index in [0.717, 1.165) is 0 Å². The van der Waals surface area contributed by atoms with Gasteiger partial charge in [-0.2, -0.15) is 0 Å². The Morgan fingerprint density at radius 1 is 1.32 bits per heavy atom. The number of rotatable bonds is 4. The lowest BCUT2D eigenvalue weighted by Crippen LogP contribution is -2.41. The molecule has 1 aliphatic rings. The molecule has 0 saturated carbocycles. The van der Waals surface area contributed by atoms with Crippen LogP contribution in [-0.4, -0.2) is 42.0 Å². The van der Waals surface area contributed by atoms with Crippen molar-refractivity contribution < 1.29 is 19.2 Å². The van der Waals surface area contributed by atoms with E-state index < -0.39 is 10.8 Å². The summed E-state index contributed by atoms with van der Waals surface area (Å²) in [6.45, 7) is 0.518. The zero-order chi connectivity index (χ0) is 18.0. The van der Waals surface area contributed by atoms with Gasteiger partial charge in [-0.1, -0.05) is 23.7 Å². The van der Waals surface area contributed by atoms with Crippen molar-refractivity contribution >= 4 is 23.2 Å². The van der Waals surface area contributed by atoms with Crippen molar-refractivity contribution in [3.63, 3.8) is 0 Å². The summed E-state index contributed by atoms with van der Waals surface area (Å²) in [5.74, 6) is 0.781. The van der Waals surface area contributed by atoms with E-state index in [2.05, 4.69) is 0 Å². The first kappa shape index (κ1) is 17.0. The summed E-state index contributed by atoms with van der Waals surface area (Å²) in [7, 11) is 1.56. The molecular weight excluding hydrogens is 348 g/mol. The van der Waals surface area contributed by atoms with Gasteiger partial charge in [-0.3, -0.25) is 14.9 Å². The number of nitrogens with zero attached hydrogens (tertiary/aromatic N) is 2. The minimum atomic E-state index is -0.622. The second-order valence-electron chi connectivity index (χ2n) is 5.60. The number of fused-ring (bicyclic) bond motifs is 1. The Balaban J connectivity index is 1.73. The van der Waals surface area contributed by atoms with Crippen LogP contribution in [0.3, 0.4) is 0 Å². The van der Waals surface area contributed by atoms with Gasteiger partial charge in [0.05, 0.1) is 11.5 Å². The van der Waals surface area contributed by atoms with Gasteiger partial charge in [0.2, 0.25) is 0 Å². The van der Waals surface area contributed by atoms with Crippen LogP contribution in [0, 0.1) is 10.1 Å². The van der Waals surface area contributed by atoms with Gasteiger partial charge in [0.15, 0.2) is 17.6 Å². The van der Waals surface area contributed by atoms with Gasteiger partial charge in [-0.25, -0.2) is 0 Å². The summed E-state index contributed by atoms with van der Waals surface area (Å²) in [4.78, 5) is 24.5. The Morgan fingerprint density at radius 3 is 2.76 bits per heavy atom. The molecule has 0 N–H and O–H groups in total. The summed E-state index contributed by atoms with van der Waals surface area (Å²) < 4.78 is 11.4. The molecule has 1 amide bonds. The van der Waals surface area contributed by atoms with Crippen LogP contribution in [0.5, 0.6) is 11.5 Å². The summed E-state index contributed by atoms with van der Waals surface area (Å²) in [5, 5.41) is 11.4. The van der Waals surface area contributed by atoms with Crippen LogP contribution in [0.2, 0.25) is 5.02 Å². The smallest absolute Gasteiger partial charge is 0.283 e. The van der Waals surface area contributed by atoms with Crippen molar-refractivity contribution in [1.29, 1.82) is 0 Å². The third kappa shape index (κ3) is 3.66. The molecule has 0 fully saturated rings. The van der Waals surface area contributed by atoms with Crippen molar-refractivity contribution in [3.8, 4) is 11.5 Å². The first-order valence-electron chi connectivity index (χ1n) is 7.53. The molecule has 0 unspecified atom stereocenters. The van der Waals surface area contributed by atoms with Crippen molar-refractivity contribution in [3.05, 3.63) is 63.2 Å². The van der Waals surface area contributed by atoms with E-state index in [1.165, 1.54) is 23.1 Å². The summed E-state index contributed by atoms with van der Waals surface area (Å²) in [6.07, 6.45) is -0.366. The molecule has 1 aliphatic heterocycles. The Bertz CT molecular complexity index is 826. The fourth-order valence-electron chi connectivity index (χ4n) is 2.58. The molecule has 7 nitrogen and oxygen atoms in total. The van der Waals surface area contributed by atoms with Crippen molar-refractivity contribution in [2.45, 2.75) is 6.10 Å². The Kier molecular flexibility index (Phi) is 4.76. The lowest BCUT2D eigenvalue weighted by Gasteiger charge is -2.29. The Hall–Kier alpha value is -2.80. The molecule has 0 saturated heterocycles. The van der Waals surface area contributed by atoms with Crippen LogP contribution in [0.15, 0.2) is 42.5 Å². The quantitative estimate of drug-likeness (QED) is 0.616. The molecule has 8 heteroatoms. The lowest BCUT2D eigenvalue weighted by molar-refractivity contribution is -0.385. The maximum absolute atomic E-state index is 12.6. The van der Waals surface area contributed by atoms with Crippen molar-refractivity contribution in [1.82, 2.24) is 4.90 Å². The SMILES string of the molecule is CN(C[C@H]1COc2ccccc2O1)C(=O)c1ccc(Cl)cc1[N+](=O)[O-]. The minimum Gasteiger partial charge on any atom is -0.486 e. The molecule has 0 bridgehead atoms. The molecule has 3 rings (SSSR count). The standard InChI is InChI=1S/C17H15ClN2O5/c1-19(9-12-10-24-15-4-2-3-5-16(15)25-12)17(21)13-7-6-11(18)8-14(13)20(22)23/h2-8,12H,9-10H2,1H3/t12-/m0/s1. The van der Waals surface area contributed by atoms with Crippen molar-refractivity contribution in [2.24, 2.45) is 0 Å². The number of hydrogen-bond donors (Lipinski definition) is 0. The number of nitro benzene ring substituents is 1. The number of hydrogen-bond acceptors (Lipinski definition) is 5. The molecule has 25 heavy (non-hydrogen) atoms. The van der Waals surface area contributed by atoms with Gasteiger partial charge < -0.3 is 14.4 Å². The predicted octanol–water partition coefficient (Wildman–Crippen LogP) is 3.16. The molecule has 0 radical (unpaired) electrons. The number of carbonyl (C=O) groups is 1. The molecule has 2 aromatic rings. The van der Waals surface area contributed by atoms with Gasteiger partial charge >= 0.3 is 0 Å². The molecule has 130 valence electrons. The summed E-state index contributed by atoms with van der Waals surface area (Å²) in [6, 6.07) is 11.2. The topological polar surface area (TPSA) is 81.9 Å². The van der Waals surface area contributed by atoms with Gasteiger partial charge in [0.1, 0.15) is 12.2 Å². The minimum absolute atomic E-state index is 0.0194. The monoisotopic (exact) mass is 362 g/mol. The predicted molar refractivity (Wildman–Crippen MR) is 91.4 cm³/mol. The van der Waals surface area contributed by atoms with Gasteiger partial charge in [-0.15, -0.1) is 0 Å². The lowest BCUT2D eigenvalue weighted by atomic mass is 10.1. The number of carbonyl (C=O) groups excluding carboxylic acids is 1. The number of para-hydroxylation sites is 2. The Morgan fingerprint density at radius 2 is 2.04 bits per heavy atom. The third-order valence-corrected chi connectivity index (χ3v) is 4.01. The second-order valence-corrected chi connectivity index (χ2v) is 6.04. The fraction of sp³-hybridized carbons (Fsp3) is 0.235. The first-order chi connectivity index (χ1) is 12.0.